The van der Waals surface area contributed by atoms with Crippen LogP contribution in [0.2, 0.25) is 0 Å². The van der Waals surface area contributed by atoms with Crippen LogP contribution in [0.15, 0.2) is 48.5 Å². The molecule has 0 spiro atoms. The van der Waals surface area contributed by atoms with Gasteiger partial charge in [0.15, 0.2) is 11.5 Å². The molecule has 24 heavy (non-hydrogen) atoms. The molecule has 3 rings (SSSR count). The Balaban J connectivity index is 1.74. The molecule has 0 aromatic heterocycles. The van der Waals surface area contributed by atoms with E-state index in [1.54, 1.807) is 43.5 Å². The lowest BCUT2D eigenvalue weighted by Gasteiger charge is -2.17. The van der Waals surface area contributed by atoms with Crippen molar-refractivity contribution in [3.63, 3.8) is 0 Å². The number of anilines is 1. The molecule has 1 heterocycles. The van der Waals surface area contributed by atoms with Crippen molar-refractivity contribution in [3.05, 3.63) is 48.5 Å². The Bertz CT molecular complexity index is 756. The van der Waals surface area contributed by atoms with E-state index in [9.17, 15) is 14.7 Å². The van der Waals surface area contributed by atoms with E-state index in [-0.39, 0.29) is 18.9 Å². The summed E-state index contributed by atoms with van der Waals surface area (Å²) in [5.41, 5.74) is 0.635. The summed E-state index contributed by atoms with van der Waals surface area (Å²) in [7, 11) is 1.57. The van der Waals surface area contributed by atoms with E-state index in [0.29, 0.717) is 22.9 Å². The molecule has 0 aliphatic carbocycles. The number of hydrogen-bond donors (Lipinski definition) is 0. The van der Waals surface area contributed by atoms with Gasteiger partial charge in [-0.15, -0.1) is 0 Å². The number of carboxylic acids is 1. The number of hydrogen-bond acceptors (Lipinski definition) is 5. The number of methoxy groups -OCH3 is 1. The zero-order chi connectivity index (χ0) is 17.1. The molecule has 1 aliphatic rings. The number of carbonyl (C=O) groups excluding carboxylic acids is 2. The molecule has 2 aromatic rings. The third-order valence-corrected chi connectivity index (χ3v) is 3.90. The van der Waals surface area contributed by atoms with Gasteiger partial charge in [-0.05, 0) is 36.4 Å². The van der Waals surface area contributed by atoms with Crippen LogP contribution >= 0.6 is 0 Å². The minimum Gasteiger partial charge on any atom is -0.550 e. The second kappa shape index (κ2) is 6.62. The number of rotatable bonds is 5. The van der Waals surface area contributed by atoms with E-state index in [0.717, 1.165) is 0 Å². The highest BCUT2D eigenvalue weighted by atomic mass is 16.5. The lowest BCUT2D eigenvalue weighted by molar-refractivity contribution is -0.310. The molecular weight excluding hydrogens is 310 g/mol. The van der Waals surface area contributed by atoms with Gasteiger partial charge in [0.1, 0.15) is 5.75 Å². The molecule has 6 heteroatoms. The van der Waals surface area contributed by atoms with Gasteiger partial charge in [-0.25, -0.2) is 0 Å². The van der Waals surface area contributed by atoms with E-state index in [1.807, 2.05) is 12.1 Å². The van der Waals surface area contributed by atoms with Crippen molar-refractivity contribution in [2.75, 3.05) is 18.6 Å². The number of aliphatic carboxylic acids is 1. The topological polar surface area (TPSA) is 78.9 Å². The SMILES string of the molecule is COc1ccccc1Oc1ccc(N2C[C@H](C(=O)[O-])CC2=O)cc1. The second-order valence-corrected chi connectivity index (χ2v) is 5.47. The first kappa shape index (κ1) is 15.9. The van der Waals surface area contributed by atoms with Crippen molar-refractivity contribution in [1.82, 2.24) is 0 Å². The number of benzene rings is 2. The van der Waals surface area contributed by atoms with Crippen LogP contribution < -0.4 is 19.5 Å². The number of ether oxygens (including phenoxy) is 2. The predicted octanol–water partition coefficient (Wildman–Crippen LogP) is 1.59. The smallest absolute Gasteiger partial charge is 0.227 e. The Hall–Kier alpha value is -3.02. The Labute approximate surface area is 139 Å². The van der Waals surface area contributed by atoms with Crippen molar-refractivity contribution in [1.29, 1.82) is 0 Å². The molecule has 0 N–H and O–H groups in total. The Kier molecular flexibility index (Phi) is 4.37. The quantitative estimate of drug-likeness (QED) is 0.834. The summed E-state index contributed by atoms with van der Waals surface area (Å²) in [5, 5.41) is 10.9. The first-order chi connectivity index (χ1) is 11.6. The largest absolute Gasteiger partial charge is 0.550 e. The molecule has 6 nitrogen and oxygen atoms in total. The Morgan fingerprint density at radius 3 is 2.38 bits per heavy atom. The summed E-state index contributed by atoms with van der Waals surface area (Å²) in [6, 6.07) is 14.2. The molecule has 2 aromatic carbocycles. The zero-order valence-corrected chi connectivity index (χ0v) is 13.1. The van der Waals surface area contributed by atoms with E-state index in [2.05, 4.69) is 0 Å². The van der Waals surface area contributed by atoms with Crippen molar-refractivity contribution < 1.29 is 24.2 Å². The first-order valence-corrected chi connectivity index (χ1v) is 7.50. The molecular formula is C18H16NO5-. The molecule has 124 valence electrons. The second-order valence-electron chi connectivity index (χ2n) is 5.47. The molecule has 1 fully saturated rings. The van der Waals surface area contributed by atoms with Gasteiger partial charge in [0.2, 0.25) is 5.91 Å². The molecule has 0 bridgehead atoms. The van der Waals surface area contributed by atoms with Crippen LogP contribution in [-0.2, 0) is 9.59 Å². The Morgan fingerprint density at radius 1 is 1.12 bits per heavy atom. The summed E-state index contributed by atoms with van der Waals surface area (Å²) in [6.07, 6.45) is -0.0260. The van der Waals surface area contributed by atoms with Crippen molar-refractivity contribution in [2.45, 2.75) is 6.42 Å². The van der Waals surface area contributed by atoms with E-state index < -0.39 is 11.9 Å². The van der Waals surface area contributed by atoms with Gasteiger partial charge in [0.25, 0.3) is 0 Å². The van der Waals surface area contributed by atoms with Crippen LogP contribution in [0.1, 0.15) is 6.42 Å². The molecule has 0 unspecified atom stereocenters. The van der Waals surface area contributed by atoms with E-state index in [4.69, 9.17) is 9.47 Å². The van der Waals surface area contributed by atoms with Gasteiger partial charge < -0.3 is 24.3 Å². The van der Waals surface area contributed by atoms with Crippen molar-refractivity contribution in [3.8, 4) is 17.2 Å². The minimum absolute atomic E-state index is 0.0260. The Morgan fingerprint density at radius 2 is 1.79 bits per heavy atom. The average molecular weight is 326 g/mol. The van der Waals surface area contributed by atoms with Gasteiger partial charge >= 0.3 is 0 Å². The minimum atomic E-state index is -1.19. The summed E-state index contributed by atoms with van der Waals surface area (Å²) < 4.78 is 11.0. The van der Waals surface area contributed by atoms with Crippen molar-refractivity contribution >= 4 is 17.6 Å². The maximum atomic E-state index is 11.9. The highest BCUT2D eigenvalue weighted by molar-refractivity contribution is 5.98. The zero-order valence-electron chi connectivity index (χ0n) is 13.1. The van der Waals surface area contributed by atoms with Crippen LogP contribution in [0.25, 0.3) is 0 Å². The maximum absolute atomic E-state index is 11.9. The fourth-order valence-electron chi connectivity index (χ4n) is 2.64. The van der Waals surface area contributed by atoms with Crippen LogP contribution in [0.4, 0.5) is 5.69 Å². The first-order valence-electron chi connectivity index (χ1n) is 7.50. The number of para-hydroxylation sites is 2. The summed E-state index contributed by atoms with van der Waals surface area (Å²) >= 11 is 0. The fourth-order valence-corrected chi connectivity index (χ4v) is 2.64. The number of amides is 1. The van der Waals surface area contributed by atoms with Crippen LogP contribution in [-0.4, -0.2) is 25.5 Å². The summed E-state index contributed by atoms with van der Waals surface area (Å²) in [4.78, 5) is 24.3. The molecule has 0 radical (unpaired) electrons. The lowest BCUT2D eigenvalue weighted by Crippen LogP contribution is -2.33. The van der Waals surface area contributed by atoms with Gasteiger partial charge in [-0.1, -0.05) is 12.1 Å². The summed E-state index contributed by atoms with van der Waals surface area (Å²) in [6.45, 7) is 0.133. The van der Waals surface area contributed by atoms with Crippen LogP contribution in [0, 0.1) is 5.92 Å². The van der Waals surface area contributed by atoms with Crippen molar-refractivity contribution in [2.24, 2.45) is 5.92 Å². The van der Waals surface area contributed by atoms with Gasteiger partial charge in [-0.2, -0.15) is 0 Å². The monoisotopic (exact) mass is 326 g/mol. The molecule has 1 amide bonds. The predicted molar refractivity (Wildman–Crippen MR) is 85.0 cm³/mol. The highest BCUT2D eigenvalue weighted by Gasteiger charge is 2.31. The normalized spacial score (nSPS) is 17.0. The van der Waals surface area contributed by atoms with E-state index >= 15 is 0 Å². The molecule has 1 saturated heterocycles. The number of carboxylic acid groups (broad SMARTS) is 1. The van der Waals surface area contributed by atoms with Gasteiger partial charge in [0.05, 0.1) is 7.11 Å². The third kappa shape index (κ3) is 3.17. The number of nitrogens with zero attached hydrogens (tertiary/aromatic N) is 1. The van der Waals surface area contributed by atoms with Crippen LogP contribution in [0.3, 0.4) is 0 Å². The van der Waals surface area contributed by atoms with Crippen LogP contribution in [0.5, 0.6) is 17.2 Å². The van der Waals surface area contributed by atoms with Gasteiger partial charge in [-0.3, -0.25) is 4.79 Å². The van der Waals surface area contributed by atoms with Gasteiger partial charge in [0, 0.05) is 30.5 Å². The highest BCUT2D eigenvalue weighted by Crippen LogP contribution is 2.32. The molecule has 1 atom stereocenters. The fraction of sp³-hybridized carbons (Fsp3) is 0.222. The lowest BCUT2D eigenvalue weighted by atomic mass is 10.1. The molecule has 0 saturated carbocycles. The maximum Gasteiger partial charge on any atom is 0.227 e. The third-order valence-electron chi connectivity index (χ3n) is 3.90. The summed E-state index contributed by atoms with van der Waals surface area (Å²) in [5.74, 6) is -0.381. The average Bonchev–Trinajstić information content (AvgIpc) is 2.98. The van der Waals surface area contributed by atoms with E-state index in [1.165, 1.54) is 4.90 Å². The molecule has 1 aliphatic heterocycles. The standard InChI is InChI=1S/C18H17NO5/c1-23-15-4-2-3-5-16(15)24-14-8-6-13(7-9-14)19-11-12(18(21)22)10-17(19)20/h2-9,12H,10-11H2,1H3,(H,21,22)/p-1/t12-/m1/s1. The number of carbonyl (C=O) groups is 2.